The first-order chi connectivity index (χ1) is 10.4. The van der Waals surface area contributed by atoms with Gasteiger partial charge in [0.1, 0.15) is 0 Å². The van der Waals surface area contributed by atoms with E-state index in [0.29, 0.717) is 0 Å². The molecule has 0 spiro atoms. The van der Waals surface area contributed by atoms with Crippen LogP contribution >= 0.6 is 0 Å². The summed E-state index contributed by atoms with van der Waals surface area (Å²) in [5.41, 5.74) is 0. The molecule has 3 nitrogen and oxygen atoms in total. The number of rotatable bonds is 7. The third-order valence-corrected chi connectivity index (χ3v) is 3.44. The van der Waals surface area contributed by atoms with Gasteiger partial charge >= 0.3 is 92.7 Å². The van der Waals surface area contributed by atoms with Crippen LogP contribution in [0.25, 0.3) is 0 Å². The zero-order valence-corrected chi connectivity index (χ0v) is 15.4. The van der Waals surface area contributed by atoms with Crippen molar-refractivity contribution in [3.05, 3.63) is 0 Å². The molecule has 0 amide bonds. The monoisotopic (exact) mass is 470 g/mol. The second kappa shape index (κ2) is 7.43. The molecule has 0 saturated heterocycles. The first kappa shape index (κ1) is 28.8. The topological polar surface area (TPSA) is 57.2 Å². The van der Waals surface area contributed by atoms with E-state index in [9.17, 15) is 74.4 Å². The van der Waals surface area contributed by atoms with Crippen molar-refractivity contribution in [3.8, 4) is 0 Å². The first-order valence-corrected chi connectivity index (χ1v) is 6.36. The summed E-state index contributed by atoms with van der Waals surface area (Å²) in [5.74, 6) is -40.5. The van der Waals surface area contributed by atoms with Crippen LogP contribution in [0.3, 0.4) is 0 Å². The van der Waals surface area contributed by atoms with Gasteiger partial charge in [-0.3, -0.25) is 0 Å². The van der Waals surface area contributed by atoms with Crippen molar-refractivity contribution in [1.29, 1.82) is 0 Å². The molecule has 0 unspecified atom stereocenters. The van der Waals surface area contributed by atoms with Crippen LogP contribution in [0.5, 0.6) is 0 Å². The molecular formula is C7HF14KO3S. The molecule has 0 aliphatic rings. The van der Waals surface area contributed by atoms with Gasteiger partial charge in [-0.05, 0) is 0 Å². The molecule has 0 radical (unpaired) electrons. The van der Waals surface area contributed by atoms with Crippen LogP contribution in [0.15, 0.2) is 0 Å². The van der Waals surface area contributed by atoms with Crippen LogP contribution in [0.2, 0.25) is 0 Å². The molecule has 26 heavy (non-hydrogen) atoms. The Labute approximate surface area is 176 Å². The average Bonchev–Trinajstić information content (AvgIpc) is 2.35. The summed E-state index contributed by atoms with van der Waals surface area (Å²) in [5, 5.41) is -7.71. The maximum atomic E-state index is 12.9. The molecule has 0 aliphatic heterocycles. The SMILES string of the molecule is O=S(=O)([O-])C(F)(F)C(F)(F)C(F)(F)C(F)(F)C(F)(F)C(F)(F)C(F)F.[K+]. The van der Waals surface area contributed by atoms with Crippen LogP contribution in [-0.4, -0.2) is 54.3 Å². The van der Waals surface area contributed by atoms with Crippen molar-refractivity contribution in [1.82, 2.24) is 0 Å². The smallest absolute Gasteiger partial charge is 0.743 e. The van der Waals surface area contributed by atoms with E-state index in [0.717, 1.165) is 0 Å². The van der Waals surface area contributed by atoms with Crippen LogP contribution in [0, 0.1) is 0 Å². The second-order valence-electron chi connectivity index (χ2n) is 4.19. The van der Waals surface area contributed by atoms with Gasteiger partial charge in [-0.2, -0.15) is 52.7 Å². The first-order valence-electron chi connectivity index (χ1n) is 4.95. The van der Waals surface area contributed by atoms with Crippen molar-refractivity contribution >= 4 is 10.1 Å². The van der Waals surface area contributed by atoms with Gasteiger partial charge in [-0.25, -0.2) is 17.2 Å². The molecule has 0 saturated carbocycles. The average molecular weight is 470 g/mol. The van der Waals surface area contributed by atoms with Crippen molar-refractivity contribution in [2.75, 3.05) is 0 Å². The summed E-state index contributed by atoms with van der Waals surface area (Å²) in [4.78, 5) is 0. The molecular weight excluding hydrogens is 469 g/mol. The molecule has 0 aromatic rings. The van der Waals surface area contributed by atoms with Crippen LogP contribution < -0.4 is 51.4 Å². The Morgan fingerprint density at radius 1 is 0.615 bits per heavy atom. The fourth-order valence-corrected chi connectivity index (χ4v) is 1.52. The Bertz CT molecular complexity index is 614. The fraction of sp³-hybridized carbons (Fsp3) is 1.00. The van der Waals surface area contributed by atoms with Gasteiger partial charge in [-0.15, -0.1) is 0 Å². The molecule has 0 aromatic carbocycles. The molecule has 0 aromatic heterocycles. The minimum atomic E-state index is -8.40. The minimum Gasteiger partial charge on any atom is -0.743 e. The van der Waals surface area contributed by atoms with E-state index in [1.807, 2.05) is 0 Å². The summed E-state index contributed by atoms with van der Waals surface area (Å²) >= 11 is 0. The van der Waals surface area contributed by atoms with Crippen molar-refractivity contribution in [2.24, 2.45) is 0 Å². The normalized spacial score (nSPS) is 15.8. The quantitative estimate of drug-likeness (QED) is 0.311. The summed E-state index contributed by atoms with van der Waals surface area (Å²) < 4.78 is 205. The van der Waals surface area contributed by atoms with Gasteiger partial charge in [0.05, 0.1) is 0 Å². The van der Waals surface area contributed by atoms with E-state index in [1.54, 1.807) is 0 Å². The number of halogens is 14. The van der Waals surface area contributed by atoms with Crippen molar-refractivity contribution in [3.63, 3.8) is 0 Å². The van der Waals surface area contributed by atoms with Crippen molar-refractivity contribution in [2.45, 2.75) is 41.3 Å². The summed E-state index contributed by atoms with van der Waals surface area (Å²) in [6.45, 7) is 0. The number of hydrogen-bond acceptors (Lipinski definition) is 3. The standard InChI is InChI=1S/C7H2F14O3S.K/c8-1(9)2(10,11)3(12,13)4(14,15)5(16,17)6(18,19)7(20,21)25(22,23)24;/h1H,(H,22,23,24);/q;+1/p-1. The Kier molecular flexibility index (Phi) is 8.22. The zero-order chi connectivity index (χ0) is 21.1. The molecule has 0 N–H and O–H groups in total. The van der Waals surface area contributed by atoms with Crippen molar-refractivity contribution < 1.29 is 126 Å². The third kappa shape index (κ3) is 3.72. The summed E-state index contributed by atoms with van der Waals surface area (Å²) in [6, 6.07) is 0. The molecule has 0 atom stereocenters. The Morgan fingerprint density at radius 3 is 1.12 bits per heavy atom. The molecule has 19 heteroatoms. The maximum absolute atomic E-state index is 12.9. The molecule has 0 rings (SSSR count). The van der Waals surface area contributed by atoms with Gasteiger partial charge in [0, 0.05) is 0 Å². The molecule has 152 valence electrons. The third-order valence-electron chi connectivity index (χ3n) is 2.56. The van der Waals surface area contributed by atoms with E-state index in [-0.39, 0.29) is 51.4 Å². The Balaban J connectivity index is 0. The predicted molar refractivity (Wildman–Crippen MR) is 45.4 cm³/mol. The second-order valence-corrected chi connectivity index (χ2v) is 5.61. The van der Waals surface area contributed by atoms with E-state index in [2.05, 4.69) is 0 Å². The van der Waals surface area contributed by atoms with E-state index < -0.39 is 51.4 Å². The molecule has 0 bridgehead atoms. The Morgan fingerprint density at radius 2 is 0.885 bits per heavy atom. The fourth-order valence-electron chi connectivity index (χ4n) is 1.08. The largest absolute Gasteiger partial charge is 1.00 e. The minimum absolute atomic E-state index is 0. The molecule has 0 fully saturated rings. The molecule has 0 aliphatic carbocycles. The van der Waals surface area contributed by atoms with Gasteiger partial charge in [-0.1, -0.05) is 0 Å². The summed E-state index contributed by atoms with van der Waals surface area (Å²) in [6.07, 6.45) is -5.86. The predicted octanol–water partition coefficient (Wildman–Crippen LogP) is 0.570. The van der Waals surface area contributed by atoms with E-state index >= 15 is 0 Å². The van der Waals surface area contributed by atoms with Crippen LogP contribution in [0.4, 0.5) is 61.5 Å². The van der Waals surface area contributed by atoms with E-state index in [4.69, 9.17) is 0 Å². The Hall–Kier alpha value is 0.566. The van der Waals surface area contributed by atoms with Crippen LogP contribution in [0.1, 0.15) is 0 Å². The maximum Gasteiger partial charge on any atom is 1.00 e. The zero-order valence-electron chi connectivity index (χ0n) is 11.5. The van der Waals surface area contributed by atoms with Gasteiger partial charge < -0.3 is 4.55 Å². The van der Waals surface area contributed by atoms with Crippen LogP contribution in [-0.2, 0) is 10.1 Å². The number of alkyl halides is 14. The van der Waals surface area contributed by atoms with Gasteiger partial charge in [0.2, 0.25) is 0 Å². The van der Waals surface area contributed by atoms with Gasteiger partial charge in [0.15, 0.2) is 10.1 Å². The summed E-state index contributed by atoms with van der Waals surface area (Å²) in [7, 11) is -7.93. The van der Waals surface area contributed by atoms with Gasteiger partial charge in [0.25, 0.3) is 0 Å². The van der Waals surface area contributed by atoms with E-state index in [1.165, 1.54) is 0 Å². The molecule has 0 heterocycles. The number of hydrogen-bond donors (Lipinski definition) is 0.